The van der Waals surface area contributed by atoms with Crippen LogP contribution in [0.3, 0.4) is 0 Å². The first kappa shape index (κ1) is 16.3. The van der Waals surface area contributed by atoms with E-state index in [0.717, 1.165) is 37.4 Å². The molecule has 0 unspecified atom stereocenters. The molecule has 0 spiro atoms. The van der Waals surface area contributed by atoms with Gasteiger partial charge in [0.1, 0.15) is 5.75 Å². The summed E-state index contributed by atoms with van der Waals surface area (Å²) in [5.41, 5.74) is 3.99. The molecule has 0 radical (unpaired) electrons. The van der Waals surface area contributed by atoms with Crippen molar-refractivity contribution in [3.05, 3.63) is 92.7 Å². The summed E-state index contributed by atoms with van der Waals surface area (Å²) in [7, 11) is 1.64. The minimum atomic E-state index is 0.0668. The molecule has 27 heavy (non-hydrogen) atoms. The van der Waals surface area contributed by atoms with Crippen molar-refractivity contribution in [3.8, 4) is 5.75 Å². The van der Waals surface area contributed by atoms with Gasteiger partial charge < -0.3 is 9.14 Å². The Balaban J connectivity index is 1.91. The Morgan fingerprint density at radius 1 is 0.963 bits per heavy atom. The molecule has 5 aromatic rings. The topological polar surface area (TPSA) is 30.7 Å². The zero-order valence-corrected chi connectivity index (χ0v) is 16.3. The molecule has 0 bridgehead atoms. The van der Waals surface area contributed by atoms with Gasteiger partial charge in [0.15, 0.2) is 5.43 Å². The molecular formula is C23H16BrNO2. The smallest absolute Gasteiger partial charge is 0.193 e. The van der Waals surface area contributed by atoms with Crippen molar-refractivity contribution >= 4 is 43.1 Å². The van der Waals surface area contributed by atoms with Crippen LogP contribution in [0, 0.1) is 0 Å². The Labute approximate surface area is 164 Å². The molecule has 0 atom stereocenters. The van der Waals surface area contributed by atoms with E-state index < -0.39 is 0 Å². The Bertz CT molecular complexity index is 1360. The minimum absolute atomic E-state index is 0.0668. The number of fused-ring (bicyclic) bond motifs is 3. The lowest BCUT2D eigenvalue weighted by atomic mass is 10.0. The molecule has 3 nitrogen and oxygen atoms in total. The second-order valence-corrected chi connectivity index (χ2v) is 7.66. The third-order valence-corrected chi connectivity index (χ3v) is 5.62. The van der Waals surface area contributed by atoms with Crippen molar-refractivity contribution in [2.24, 2.45) is 0 Å². The van der Waals surface area contributed by atoms with Crippen LogP contribution in [0.4, 0.5) is 0 Å². The van der Waals surface area contributed by atoms with Crippen LogP contribution in [-0.2, 0) is 6.42 Å². The molecule has 0 amide bonds. The average Bonchev–Trinajstić information content (AvgIpc) is 2.99. The average molecular weight is 418 g/mol. The van der Waals surface area contributed by atoms with Crippen molar-refractivity contribution in [1.82, 2.24) is 4.40 Å². The van der Waals surface area contributed by atoms with E-state index in [-0.39, 0.29) is 5.43 Å². The van der Waals surface area contributed by atoms with Crippen LogP contribution in [0.5, 0.6) is 5.75 Å². The Morgan fingerprint density at radius 2 is 1.74 bits per heavy atom. The number of aromatic nitrogens is 1. The third-order valence-electron chi connectivity index (χ3n) is 5.13. The number of hydrogen-bond acceptors (Lipinski definition) is 2. The van der Waals surface area contributed by atoms with Crippen LogP contribution in [0.25, 0.3) is 27.2 Å². The molecule has 132 valence electrons. The number of methoxy groups -OCH3 is 1. The van der Waals surface area contributed by atoms with Gasteiger partial charge in [-0.15, -0.1) is 0 Å². The van der Waals surface area contributed by atoms with Gasteiger partial charge in [-0.2, -0.15) is 0 Å². The van der Waals surface area contributed by atoms with Gasteiger partial charge in [0.05, 0.1) is 23.5 Å². The van der Waals surface area contributed by atoms with E-state index in [1.807, 2.05) is 42.6 Å². The fourth-order valence-corrected chi connectivity index (χ4v) is 4.23. The van der Waals surface area contributed by atoms with Gasteiger partial charge in [-0.3, -0.25) is 4.79 Å². The molecule has 2 heterocycles. The predicted octanol–water partition coefficient (Wildman–Crippen LogP) is 5.41. The highest BCUT2D eigenvalue weighted by Crippen LogP contribution is 2.35. The van der Waals surface area contributed by atoms with Crippen LogP contribution >= 0.6 is 15.9 Å². The normalized spacial score (nSPS) is 11.6. The number of nitrogens with zero attached hydrogens (tertiary/aromatic N) is 1. The first-order valence-corrected chi connectivity index (χ1v) is 9.55. The predicted molar refractivity (Wildman–Crippen MR) is 113 cm³/mol. The quantitative estimate of drug-likeness (QED) is 0.393. The maximum Gasteiger partial charge on any atom is 0.193 e. The number of hydrogen-bond donors (Lipinski definition) is 0. The van der Waals surface area contributed by atoms with Crippen molar-refractivity contribution < 1.29 is 4.74 Å². The van der Waals surface area contributed by atoms with Gasteiger partial charge in [-0.05, 0) is 29.8 Å². The lowest BCUT2D eigenvalue weighted by molar-refractivity contribution is 0.416. The first-order valence-electron chi connectivity index (χ1n) is 8.76. The highest BCUT2D eigenvalue weighted by Gasteiger charge is 2.17. The molecular weight excluding hydrogens is 402 g/mol. The number of pyridine rings is 1. The van der Waals surface area contributed by atoms with Crippen molar-refractivity contribution in [1.29, 1.82) is 0 Å². The molecule has 2 aromatic heterocycles. The summed E-state index contributed by atoms with van der Waals surface area (Å²) >= 11 is 3.57. The molecule has 4 heteroatoms. The minimum Gasteiger partial charge on any atom is -0.497 e. The monoisotopic (exact) mass is 417 g/mol. The summed E-state index contributed by atoms with van der Waals surface area (Å²) in [5, 5.41) is 2.85. The van der Waals surface area contributed by atoms with Gasteiger partial charge in [0, 0.05) is 33.4 Å². The zero-order valence-electron chi connectivity index (χ0n) is 14.7. The fraction of sp³-hybridized carbons (Fsp3) is 0.0870. The standard InChI is InChI=1S/C23H16BrNO2/c1-27-17-11-19-18-8-7-16(24)10-21(18)25-13-15(9-14-5-3-2-4-6-14)23(26)20(12-17)22(19)25/h2-8,10-13H,9H2,1H3. The Morgan fingerprint density at radius 3 is 2.52 bits per heavy atom. The zero-order chi connectivity index (χ0) is 18.5. The first-order chi connectivity index (χ1) is 13.2. The van der Waals surface area contributed by atoms with Crippen molar-refractivity contribution in [2.45, 2.75) is 6.42 Å². The number of rotatable bonds is 3. The van der Waals surface area contributed by atoms with Gasteiger partial charge in [0.25, 0.3) is 0 Å². The molecule has 3 aromatic carbocycles. The van der Waals surface area contributed by atoms with E-state index >= 15 is 0 Å². The molecule has 0 saturated heterocycles. The van der Waals surface area contributed by atoms with E-state index in [4.69, 9.17) is 4.74 Å². The molecule has 0 aliphatic rings. The molecule has 0 saturated carbocycles. The number of halogens is 1. The van der Waals surface area contributed by atoms with E-state index in [9.17, 15) is 4.79 Å². The number of benzene rings is 3. The second kappa shape index (κ2) is 6.10. The molecule has 0 N–H and O–H groups in total. The van der Waals surface area contributed by atoms with Crippen LogP contribution < -0.4 is 10.2 Å². The van der Waals surface area contributed by atoms with Gasteiger partial charge in [-0.25, -0.2) is 0 Å². The van der Waals surface area contributed by atoms with Crippen LogP contribution in [0.1, 0.15) is 11.1 Å². The van der Waals surface area contributed by atoms with Crippen molar-refractivity contribution in [2.75, 3.05) is 7.11 Å². The molecule has 5 rings (SSSR count). The highest BCUT2D eigenvalue weighted by atomic mass is 79.9. The van der Waals surface area contributed by atoms with Gasteiger partial charge in [0.2, 0.25) is 0 Å². The summed E-state index contributed by atoms with van der Waals surface area (Å²) in [6.45, 7) is 0. The lowest BCUT2D eigenvalue weighted by Crippen LogP contribution is -2.12. The van der Waals surface area contributed by atoms with Gasteiger partial charge >= 0.3 is 0 Å². The highest BCUT2D eigenvalue weighted by molar-refractivity contribution is 9.10. The molecule has 0 fully saturated rings. The molecule has 0 aliphatic carbocycles. The number of ether oxygens (including phenoxy) is 1. The third kappa shape index (κ3) is 2.52. The van der Waals surface area contributed by atoms with E-state index in [0.29, 0.717) is 17.6 Å². The second-order valence-electron chi connectivity index (χ2n) is 6.75. The summed E-state index contributed by atoms with van der Waals surface area (Å²) < 4.78 is 8.64. The maximum atomic E-state index is 13.3. The summed E-state index contributed by atoms with van der Waals surface area (Å²) in [5.74, 6) is 0.703. The maximum absolute atomic E-state index is 13.3. The van der Waals surface area contributed by atoms with E-state index in [1.165, 1.54) is 0 Å². The molecule has 0 aliphatic heterocycles. The van der Waals surface area contributed by atoms with Gasteiger partial charge in [-0.1, -0.05) is 52.3 Å². The largest absolute Gasteiger partial charge is 0.497 e. The SMILES string of the molecule is COc1cc2c(=O)c(Cc3ccccc3)cn3c4cc(Br)ccc4c(c1)c23. The Kier molecular flexibility index (Phi) is 3.69. The van der Waals surface area contributed by atoms with E-state index in [2.05, 4.69) is 44.6 Å². The van der Waals surface area contributed by atoms with Crippen LogP contribution in [0.2, 0.25) is 0 Å². The van der Waals surface area contributed by atoms with Crippen LogP contribution in [0.15, 0.2) is 76.1 Å². The summed E-state index contributed by atoms with van der Waals surface area (Å²) in [6.07, 6.45) is 2.59. The lowest BCUT2D eigenvalue weighted by Gasteiger charge is -2.08. The van der Waals surface area contributed by atoms with Crippen LogP contribution in [-0.4, -0.2) is 11.5 Å². The fourth-order valence-electron chi connectivity index (χ4n) is 3.88. The van der Waals surface area contributed by atoms with E-state index in [1.54, 1.807) is 7.11 Å². The Hall–Kier alpha value is -2.85. The summed E-state index contributed by atoms with van der Waals surface area (Å²) in [6, 6.07) is 20.2. The summed E-state index contributed by atoms with van der Waals surface area (Å²) in [4.78, 5) is 13.3. The van der Waals surface area contributed by atoms with Crippen molar-refractivity contribution in [3.63, 3.8) is 0 Å².